The first-order valence-electron chi connectivity index (χ1n) is 5.00. The fourth-order valence-electron chi connectivity index (χ4n) is 1.95. The molecule has 1 N–H and O–H groups in total. The van der Waals surface area contributed by atoms with Crippen molar-refractivity contribution < 1.29 is 14.3 Å². The summed E-state index contributed by atoms with van der Waals surface area (Å²) in [7, 11) is 0. The second-order valence-corrected chi connectivity index (χ2v) is 4.54. The summed E-state index contributed by atoms with van der Waals surface area (Å²) in [6.45, 7) is 0. The number of hydrogen-bond donors (Lipinski definition) is 1. The van der Waals surface area contributed by atoms with E-state index >= 15 is 0 Å². The van der Waals surface area contributed by atoms with Crippen molar-refractivity contribution in [3.63, 3.8) is 0 Å². The smallest absolute Gasteiger partial charge is 0.339 e. The predicted molar refractivity (Wildman–Crippen MR) is 68.4 cm³/mol. The second-order valence-electron chi connectivity index (χ2n) is 3.74. The lowest BCUT2D eigenvalue weighted by molar-refractivity contribution is 0.0698. The Bertz CT molecular complexity index is 743. The van der Waals surface area contributed by atoms with Crippen LogP contribution in [0.3, 0.4) is 0 Å². The van der Waals surface area contributed by atoms with Gasteiger partial charge in [0.25, 0.3) is 0 Å². The molecule has 4 heteroatoms. The standard InChI is InChI=1S/C13H7BrO3/c14-11-8-4-2-1-3-7(8)5-9-10(13(15)16)6-17-12(9)11/h1-6H,(H,15,16). The van der Waals surface area contributed by atoms with Gasteiger partial charge in [-0.05, 0) is 32.8 Å². The highest BCUT2D eigenvalue weighted by molar-refractivity contribution is 9.10. The molecule has 0 fully saturated rings. The summed E-state index contributed by atoms with van der Waals surface area (Å²) in [5.74, 6) is -0.981. The summed E-state index contributed by atoms with van der Waals surface area (Å²) in [5.41, 5.74) is 0.757. The lowest BCUT2D eigenvalue weighted by atomic mass is 10.1. The number of carbonyl (C=O) groups is 1. The first kappa shape index (κ1) is 10.4. The van der Waals surface area contributed by atoms with Gasteiger partial charge in [0.2, 0.25) is 0 Å². The second kappa shape index (κ2) is 3.60. The fourth-order valence-corrected chi connectivity index (χ4v) is 2.61. The molecule has 3 nitrogen and oxygen atoms in total. The maximum Gasteiger partial charge on any atom is 0.339 e. The van der Waals surface area contributed by atoms with E-state index in [0.29, 0.717) is 11.0 Å². The van der Waals surface area contributed by atoms with E-state index in [0.717, 1.165) is 15.2 Å². The first-order chi connectivity index (χ1) is 8.18. The van der Waals surface area contributed by atoms with Gasteiger partial charge < -0.3 is 9.52 Å². The normalized spacial score (nSPS) is 11.1. The van der Waals surface area contributed by atoms with Crippen molar-refractivity contribution >= 4 is 43.6 Å². The summed E-state index contributed by atoms with van der Waals surface area (Å²) in [6.07, 6.45) is 1.27. The van der Waals surface area contributed by atoms with E-state index in [1.807, 2.05) is 30.3 Å². The largest absolute Gasteiger partial charge is 0.478 e. The Hall–Kier alpha value is -1.81. The average molecular weight is 291 g/mol. The molecule has 0 unspecified atom stereocenters. The van der Waals surface area contributed by atoms with E-state index in [2.05, 4.69) is 15.9 Å². The van der Waals surface area contributed by atoms with Gasteiger partial charge in [0.1, 0.15) is 17.4 Å². The number of carboxylic acids is 1. The van der Waals surface area contributed by atoms with Crippen LogP contribution in [0.15, 0.2) is 45.5 Å². The van der Waals surface area contributed by atoms with Crippen LogP contribution in [0, 0.1) is 0 Å². The molecule has 84 valence electrons. The van der Waals surface area contributed by atoms with Gasteiger partial charge in [0.15, 0.2) is 0 Å². The lowest BCUT2D eigenvalue weighted by Gasteiger charge is -2.01. The molecule has 0 aliphatic heterocycles. The molecule has 1 heterocycles. The number of rotatable bonds is 1. The Kier molecular flexibility index (Phi) is 2.19. The fraction of sp³-hybridized carbons (Fsp3) is 0. The van der Waals surface area contributed by atoms with Crippen molar-refractivity contribution in [3.05, 3.63) is 46.6 Å². The highest BCUT2D eigenvalue weighted by atomic mass is 79.9. The molecule has 0 saturated heterocycles. The van der Waals surface area contributed by atoms with Crippen molar-refractivity contribution in [2.45, 2.75) is 0 Å². The Morgan fingerprint density at radius 1 is 1.24 bits per heavy atom. The monoisotopic (exact) mass is 290 g/mol. The van der Waals surface area contributed by atoms with Crippen LogP contribution in [-0.2, 0) is 0 Å². The van der Waals surface area contributed by atoms with E-state index in [1.54, 1.807) is 0 Å². The summed E-state index contributed by atoms with van der Waals surface area (Å²) in [4.78, 5) is 11.0. The summed E-state index contributed by atoms with van der Waals surface area (Å²) in [5, 5.41) is 11.7. The maximum absolute atomic E-state index is 11.0. The SMILES string of the molecule is O=C(O)c1coc2c(Br)c3ccccc3cc12. The molecule has 3 rings (SSSR count). The van der Waals surface area contributed by atoms with E-state index in [-0.39, 0.29) is 5.56 Å². The number of furan rings is 1. The van der Waals surface area contributed by atoms with Gasteiger partial charge in [-0.25, -0.2) is 4.79 Å². The molecular weight excluding hydrogens is 284 g/mol. The first-order valence-corrected chi connectivity index (χ1v) is 5.79. The van der Waals surface area contributed by atoms with Crippen molar-refractivity contribution in [1.82, 2.24) is 0 Å². The van der Waals surface area contributed by atoms with Crippen LogP contribution >= 0.6 is 15.9 Å². The van der Waals surface area contributed by atoms with Crippen LogP contribution in [0.2, 0.25) is 0 Å². The molecule has 1 aromatic heterocycles. The van der Waals surface area contributed by atoms with E-state index < -0.39 is 5.97 Å². The minimum atomic E-state index is -0.981. The zero-order valence-electron chi connectivity index (χ0n) is 8.61. The molecule has 0 aliphatic carbocycles. The third kappa shape index (κ3) is 1.45. The van der Waals surface area contributed by atoms with Gasteiger partial charge in [-0.15, -0.1) is 0 Å². The van der Waals surface area contributed by atoms with Crippen molar-refractivity contribution in [3.8, 4) is 0 Å². The van der Waals surface area contributed by atoms with E-state index in [1.165, 1.54) is 6.26 Å². The van der Waals surface area contributed by atoms with Gasteiger partial charge >= 0.3 is 5.97 Å². The number of fused-ring (bicyclic) bond motifs is 2. The van der Waals surface area contributed by atoms with Gasteiger partial charge in [0.05, 0.1) is 4.47 Å². The van der Waals surface area contributed by atoms with Crippen molar-refractivity contribution in [2.24, 2.45) is 0 Å². The van der Waals surface area contributed by atoms with Gasteiger partial charge in [-0.2, -0.15) is 0 Å². The average Bonchev–Trinajstić information content (AvgIpc) is 2.73. The molecule has 0 amide bonds. The molecule has 0 spiro atoms. The Morgan fingerprint density at radius 2 is 2.00 bits per heavy atom. The summed E-state index contributed by atoms with van der Waals surface area (Å²) >= 11 is 3.46. The minimum Gasteiger partial charge on any atom is -0.478 e. The number of benzene rings is 2. The zero-order valence-corrected chi connectivity index (χ0v) is 10.2. The number of hydrogen-bond acceptors (Lipinski definition) is 2. The highest BCUT2D eigenvalue weighted by Crippen LogP contribution is 2.35. The molecule has 0 saturated carbocycles. The Morgan fingerprint density at radius 3 is 2.76 bits per heavy atom. The van der Waals surface area contributed by atoms with Crippen LogP contribution in [-0.4, -0.2) is 11.1 Å². The van der Waals surface area contributed by atoms with Crippen molar-refractivity contribution in [2.75, 3.05) is 0 Å². The van der Waals surface area contributed by atoms with Crippen molar-refractivity contribution in [1.29, 1.82) is 0 Å². The Balaban J connectivity index is 2.52. The van der Waals surface area contributed by atoms with Crippen LogP contribution in [0.5, 0.6) is 0 Å². The predicted octanol–water partition coefficient (Wildman–Crippen LogP) is 4.05. The molecule has 0 atom stereocenters. The van der Waals surface area contributed by atoms with Gasteiger partial charge in [0, 0.05) is 5.39 Å². The highest BCUT2D eigenvalue weighted by Gasteiger charge is 2.16. The van der Waals surface area contributed by atoms with Gasteiger partial charge in [-0.3, -0.25) is 0 Å². The number of halogens is 1. The zero-order chi connectivity index (χ0) is 12.0. The van der Waals surface area contributed by atoms with E-state index in [4.69, 9.17) is 9.52 Å². The van der Waals surface area contributed by atoms with E-state index in [9.17, 15) is 4.79 Å². The summed E-state index contributed by atoms with van der Waals surface area (Å²) in [6, 6.07) is 9.59. The van der Waals surface area contributed by atoms with Crippen LogP contribution < -0.4 is 0 Å². The lowest BCUT2D eigenvalue weighted by Crippen LogP contribution is -1.93. The molecule has 3 aromatic rings. The molecule has 0 radical (unpaired) electrons. The molecular formula is C13H7BrO3. The Labute approximate surface area is 105 Å². The van der Waals surface area contributed by atoms with Gasteiger partial charge in [-0.1, -0.05) is 24.3 Å². The third-order valence-corrected chi connectivity index (χ3v) is 3.54. The maximum atomic E-state index is 11.0. The molecule has 0 aliphatic rings. The number of carboxylic acid groups (broad SMARTS) is 1. The molecule has 0 bridgehead atoms. The molecule has 17 heavy (non-hydrogen) atoms. The quantitative estimate of drug-likeness (QED) is 0.736. The van der Waals surface area contributed by atoms with Crippen LogP contribution in [0.25, 0.3) is 21.7 Å². The molecule has 2 aromatic carbocycles. The summed E-state index contributed by atoms with van der Waals surface area (Å²) < 4.78 is 6.11. The third-order valence-electron chi connectivity index (χ3n) is 2.76. The minimum absolute atomic E-state index is 0.187. The van der Waals surface area contributed by atoms with Crippen LogP contribution in [0.4, 0.5) is 0 Å². The topological polar surface area (TPSA) is 50.4 Å². The number of aromatic carboxylic acids is 1. The van der Waals surface area contributed by atoms with Crippen LogP contribution in [0.1, 0.15) is 10.4 Å².